The van der Waals surface area contributed by atoms with Crippen LogP contribution in [0.2, 0.25) is 0 Å². The second-order valence-corrected chi connectivity index (χ2v) is 10.1. The van der Waals surface area contributed by atoms with Crippen molar-refractivity contribution in [1.29, 1.82) is 5.26 Å². The van der Waals surface area contributed by atoms with E-state index < -0.39 is 0 Å². The van der Waals surface area contributed by atoms with Crippen molar-refractivity contribution in [3.63, 3.8) is 0 Å². The molecule has 0 aliphatic carbocycles. The lowest BCUT2D eigenvalue weighted by Crippen LogP contribution is -2.66. The molecule has 2 aliphatic rings. The van der Waals surface area contributed by atoms with Crippen molar-refractivity contribution < 1.29 is 9.53 Å². The van der Waals surface area contributed by atoms with Crippen LogP contribution in [0.25, 0.3) is 22.3 Å². The van der Waals surface area contributed by atoms with Crippen molar-refractivity contribution in [3.05, 3.63) is 61.3 Å². The van der Waals surface area contributed by atoms with E-state index in [4.69, 9.17) is 4.74 Å². The van der Waals surface area contributed by atoms with E-state index in [-0.39, 0.29) is 11.6 Å². The number of rotatable bonds is 6. The molecule has 6 rings (SSSR count). The number of ether oxygens (including phenoxy) is 1. The number of urea groups is 1. The monoisotopic (exact) mass is 510 g/mol. The fraction of sp³-hybridized carbons (Fsp3) is 0.357. The number of carbonyl (C=O) groups is 1. The highest BCUT2D eigenvalue weighted by Gasteiger charge is 2.47. The molecule has 1 aromatic carbocycles. The largest absolute Gasteiger partial charge is 0.495 e. The van der Waals surface area contributed by atoms with Crippen molar-refractivity contribution in [1.82, 2.24) is 29.3 Å². The number of H-pyrrole nitrogens is 1. The van der Waals surface area contributed by atoms with Gasteiger partial charge in [-0.25, -0.2) is 14.8 Å². The standard InChI is InChI=1S/C28H30N8O2/c1-38-24-5-3-2-4-23(24)33-27(37)34-13-8-21(9-14-34)35-17-28(18-35,10-11-29)36-15-7-20(16-36)25-22-6-12-30-26(22)32-19-31-25/h2-7,12,15-16,19,21H,8-10,13-14,17-18H2,1H3,(H,33,37)(H,30,31,32). The zero-order valence-electron chi connectivity index (χ0n) is 21.3. The number of piperidine rings is 1. The second-order valence-electron chi connectivity index (χ2n) is 10.1. The van der Waals surface area contributed by atoms with E-state index in [2.05, 4.69) is 54.3 Å². The number of para-hydroxylation sites is 2. The molecule has 0 unspecified atom stereocenters. The summed E-state index contributed by atoms with van der Waals surface area (Å²) in [5.41, 5.74) is 3.14. The molecule has 2 saturated heterocycles. The third kappa shape index (κ3) is 4.25. The number of aromatic nitrogens is 4. The highest BCUT2D eigenvalue weighted by Crippen LogP contribution is 2.38. The van der Waals surface area contributed by atoms with Gasteiger partial charge in [-0.2, -0.15) is 5.26 Å². The van der Waals surface area contributed by atoms with E-state index in [1.165, 1.54) is 0 Å². The fourth-order valence-corrected chi connectivity index (χ4v) is 5.79. The van der Waals surface area contributed by atoms with Crippen LogP contribution in [0, 0.1) is 11.3 Å². The Morgan fingerprint density at radius 2 is 2.03 bits per heavy atom. The number of benzene rings is 1. The molecule has 0 radical (unpaired) electrons. The molecule has 0 atom stereocenters. The van der Waals surface area contributed by atoms with Crippen LogP contribution in [0.15, 0.2) is 61.3 Å². The summed E-state index contributed by atoms with van der Waals surface area (Å²) < 4.78 is 7.54. The first-order chi connectivity index (χ1) is 18.6. The molecule has 5 heterocycles. The molecular formula is C28H30N8O2. The summed E-state index contributed by atoms with van der Waals surface area (Å²) in [4.78, 5) is 29.1. The van der Waals surface area contributed by atoms with Gasteiger partial charge in [0.15, 0.2) is 0 Å². The van der Waals surface area contributed by atoms with Crippen LogP contribution >= 0.6 is 0 Å². The summed E-state index contributed by atoms with van der Waals surface area (Å²) in [5, 5.41) is 13.6. The second kappa shape index (κ2) is 9.84. The minimum atomic E-state index is -0.254. The summed E-state index contributed by atoms with van der Waals surface area (Å²) in [6, 6.07) is 14.2. The van der Waals surface area contributed by atoms with Gasteiger partial charge in [0.2, 0.25) is 0 Å². The number of fused-ring (bicyclic) bond motifs is 1. The lowest BCUT2D eigenvalue weighted by atomic mass is 9.83. The zero-order valence-corrected chi connectivity index (χ0v) is 21.3. The van der Waals surface area contributed by atoms with Crippen molar-refractivity contribution in [2.45, 2.75) is 30.8 Å². The maximum atomic E-state index is 12.8. The molecule has 10 nitrogen and oxygen atoms in total. The molecule has 4 aromatic rings. The van der Waals surface area contributed by atoms with Crippen LogP contribution in [-0.4, -0.2) is 74.7 Å². The SMILES string of the molecule is COc1ccccc1NC(=O)N1CCC(N2CC(CC#N)(n3ccc(-c4ncnc5[nH]ccc45)c3)C2)CC1. The van der Waals surface area contributed by atoms with Crippen molar-refractivity contribution in [2.24, 2.45) is 0 Å². The van der Waals surface area contributed by atoms with Crippen LogP contribution in [0.4, 0.5) is 10.5 Å². The summed E-state index contributed by atoms with van der Waals surface area (Å²) in [6.07, 6.45) is 9.88. The summed E-state index contributed by atoms with van der Waals surface area (Å²) >= 11 is 0. The lowest BCUT2D eigenvalue weighted by molar-refractivity contribution is -0.0332. The molecule has 3 aromatic heterocycles. The van der Waals surface area contributed by atoms with Gasteiger partial charge in [0.1, 0.15) is 17.7 Å². The van der Waals surface area contributed by atoms with E-state index in [0.29, 0.717) is 37.0 Å². The fourth-order valence-electron chi connectivity index (χ4n) is 5.79. The van der Waals surface area contributed by atoms with Crippen molar-refractivity contribution in [3.8, 4) is 23.1 Å². The molecule has 2 N–H and O–H groups in total. The van der Waals surface area contributed by atoms with E-state index in [9.17, 15) is 10.1 Å². The van der Waals surface area contributed by atoms with Crippen LogP contribution in [-0.2, 0) is 5.54 Å². The predicted molar refractivity (Wildman–Crippen MR) is 144 cm³/mol. The molecule has 0 bridgehead atoms. The Balaban J connectivity index is 1.09. The number of nitrogens with zero attached hydrogens (tertiary/aromatic N) is 6. The number of hydrogen-bond acceptors (Lipinski definition) is 6. The van der Waals surface area contributed by atoms with E-state index in [0.717, 1.165) is 48.2 Å². The number of carbonyl (C=O) groups excluding carboxylic acids is 1. The molecule has 0 saturated carbocycles. The van der Waals surface area contributed by atoms with Gasteiger partial charge in [-0.3, -0.25) is 4.90 Å². The van der Waals surface area contributed by atoms with E-state index in [1.54, 1.807) is 13.4 Å². The summed E-state index contributed by atoms with van der Waals surface area (Å²) in [7, 11) is 1.60. The molecular weight excluding hydrogens is 480 g/mol. The molecule has 2 fully saturated rings. The van der Waals surface area contributed by atoms with Crippen LogP contribution in [0.3, 0.4) is 0 Å². The number of amides is 2. The first-order valence-electron chi connectivity index (χ1n) is 12.9. The van der Waals surface area contributed by atoms with Crippen molar-refractivity contribution in [2.75, 3.05) is 38.6 Å². The van der Waals surface area contributed by atoms with Crippen LogP contribution in [0.5, 0.6) is 5.75 Å². The molecule has 10 heteroatoms. The zero-order chi connectivity index (χ0) is 26.1. The Kier molecular flexibility index (Phi) is 6.21. The van der Waals surface area contributed by atoms with Gasteiger partial charge in [-0.1, -0.05) is 12.1 Å². The number of nitrogens with one attached hydrogen (secondary N) is 2. The average Bonchev–Trinajstić information content (AvgIpc) is 3.61. The Hall–Kier alpha value is -4.36. The van der Waals surface area contributed by atoms with Gasteiger partial charge in [0.25, 0.3) is 0 Å². The topological polar surface area (TPSA) is 115 Å². The Labute approximate surface area is 220 Å². The van der Waals surface area contributed by atoms with Crippen molar-refractivity contribution >= 4 is 22.8 Å². The summed E-state index contributed by atoms with van der Waals surface area (Å²) in [6.45, 7) is 3.02. The van der Waals surface area contributed by atoms with E-state index in [1.807, 2.05) is 41.4 Å². The quantitative estimate of drug-likeness (QED) is 0.404. The molecule has 0 spiro atoms. The van der Waals surface area contributed by atoms with Crippen LogP contribution < -0.4 is 10.1 Å². The number of aromatic amines is 1. The van der Waals surface area contributed by atoms with Gasteiger partial charge in [0, 0.05) is 61.8 Å². The third-order valence-corrected chi connectivity index (χ3v) is 7.89. The Morgan fingerprint density at radius 1 is 1.21 bits per heavy atom. The first kappa shape index (κ1) is 24.0. The van der Waals surface area contributed by atoms with Gasteiger partial charge < -0.3 is 24.5 Å². The number of anilines is 1. The highest BCUT2D eigenvalue weighted by atomic mass is 16.5. The highest BCUT2D eigenvalue weighted by molar-refractivity contribution is 5.91. The lowest BCUT2D eigenvalue weighted by Gasteiger charge is -2.54. The van der Waals surface area contributed by atoms with Gasteiger partial charge in [0.05, 0.1) is 36.5 Å². The Bertz CT molecular complexity index is 1490. The maximum absolute atomic E-state index is 12.8. The van der Waals surface area contributed by atoms with Gasteiger partial charge >= 0.3 is 6.03 Å². The predicted octanol–water partition coefficient (Wildman–Crippen LogP) is 4.06. The average molecular weight is 511 g/mol. The normalized spacial score (nSPS) is 17.6. The number of methoxy groups -OCH3 is 1. The van der Waals surface area contributed by atoms with E-state index >= 15 is 0 Å². The number of nitriles is 1. The first-order valence-corrected chi connectivity index (χ1v) is 12.9. The molecule has 2 amide bonds. The van der Waals surface area contributed by atoms with Gasteiger partial charge in [-0.05, 0) is 37.1 Å². The minimum absolute atomic E-state index is 0.100. The Morgan fingerprint density at radius 3 is 2.82 bits per heavy atom. The summed E-state index contributed by atoms with van der Waals surface area (Å²) in [5.74, 6) is 0.649. The molecule has 38 heavy (non-hydrogen) atoms. The van der Waals surface area contributed by atoms with Crippen LogP contribution in [0.1, 0.15) is 19.3 Å². The molecule has 2 aliphatic heterocycles. The third-order valence-electron chi connectivity index (χ3n) is 7.89. The maximum Gasteiger partial charge on any atom is 0.321 e. The smallest absolute Gasteiger partial charge is 0.321 e. The number of likely N-dealkylation sites (tertiary alicyclic amines) is 2. The minimum Gasteiger partial charge on any atom is -0.495 e. The molecule has 194 valence electrons. The van der Waals surface area contributed by atoms with Gasteiger partial charge in [-0.15, -0.1) is 0 Å². The number of hydrogen-bond donors (Lipinski definition) is 2.